The summed E-state index contributed by atoms with van der Waals surface area (Å²) in [6.07, 6.45) is 3.61. The number of nitrogens with zero attached hydrogens (tertiary/aromatic N) is 3. The zero-order chi connectivity index (χ0) is 39.1. The van der Waals surface area contributed by atoms with Crippen LogP contribution in [0.3, 0.4) is 0 Å². The van der Waals surface area contributed by atoms with Crippen molar-refractivity contribution >= 4 is 23.9 Å². The van der Waals surface area contributed by atoms with Gasteiger partial charge in [0.2, 0.25) is 6.10 Å². The number of ketones is 1. The van der Waals surface area contributed by atoms with Crippen molar-refractivity contribution < 1.29 is 28.7 Å². The van der Waals surface area contributed by atoms with Gasteiger partial charge in [0, 0.05) is 24.7 Å². The summed E-state index contributed by atoms with van der Waals surface area (Å²) in [5, 5.41) is 8.49. The van der Waals surface area contributed by atoms with Crippen molar-refractivity contribution in [1.82, 2.24) is 40.8 Å². The molecular formula is C42H42N8O6. The highest BCUT2D eigenvalue weighted by Gasteiger charge is 2.48. The number of aromatic amines is 2. The number of H-pyrrole nitrogens is 2. The van der Waals surface area contributed by atoms with E-state index in [-0.39, 0.29) is 17.7 Å². The van der Waals surface area contributed by atoms with Crippen LogP contribution < -0.4 is 16.0 Å². The normalized spacial score (nSPS) is 18.6. The Morgan fingerprint density at radius 2 is 1.61 bits per heavy atom. The molecule has 3 amide bonds. The molecule has 0 spiro atoms. The number of benzene rings is 3. The number of amides is 3. The summed E-state index contributed by atoms with van der Waals surface area (Å²) < 4.78 is 10.4. The number of Topliss-reactive ketones (excluding diaryl/α,β-unsaturated/α-hetero) is 1. The molecule has 2 aliphatic rings. The first-order chi connectivity index (χ1) is 27.3. The van der Waals surface area contributed by atoms with Crippen molar-refractivity contribution in [3.63, 3.8) is 0 Å². The van der Waals surface area contributed by atoms with E-state index in [1.165, 1.54) is 14.2 Å². The third-order valence-electron chi connectivity index (χ3n) is 10.1. The monoisotopic (exact) mass is 754 g/mol. The molecule has 4 heterocycles. The summed E-state index contributed by atoms with van der Waals surface area (Å²) in [6.45, 7) is 1.12. The van der Waals surface area contributed by atoms with Crippen LogP contribution in [0.15, 0.2) is 97.3 Å². The quantitative estimate of drug-likeness (QED) is 0.120. The maximum Gasteiger partial charge on any atom is 0.408 e. The molecule has 0 bridgehead atoms. The van der Waals surface area contributed by atoms with Gasteiger partial charge in [-0.25, -0.2) is 19.6 Å². The second-order valence-electron chi connectivity index (χ2n) is 13.6. The molecule has 0 saturated carbocycles. The number of carbonyl (C=O) groups excluding carboxylic acids is 4. The van der Waals surface area contributed by atoms with Gasteiger partial charge in [-0.1, -0.05) is 78.7 Å². The van der Waals surface area contributed by atoms with E-state index in [4.69, 9.17) is 9.47 Å². The average Bonchev–Trinajstić information content (AvgIpc) is 4.09. The molecule has 0 unspecified atom stereocenters. The van der Waals surface area contributed by atoms with Gasteiger partial charge in [0.15, 0.2) is 5.78 Å². The van der Waals surface area contributed by atoms with Crippen LogP contribution in [0.1, 0.15) is 77.9 Å². The number of ether oxygens (including phenoxy) is 2. The van der Waals surface area contributed by atoms with Crippen LogP contribution in [0.5, 0.6) is 0 Å². The van der Waals surface area contributed by atoms with Crippen molar-refractivity contribution in [3.8, 4) is 23.1 Å². The SMILES string of the molecule is CNC(=O)O[C@@H](C(=O)N1CCC[C@H]1c1ncc(-c2ccc(C#Cc3cnc([C@]4(C(=O)[C@H](NC(=O)OC)c5ccccc5)CCCN4)[nH]3)cc2)[nH]1)c1ccccc1. The summed E-state index contributed by atoms with van der Waals surface area (Å²) in [5.41, 5.74) is 3.04. The van der Waals surface area contributed by atoms with E-state index in [1.807, 2.05) is 48.5 Å². The molecule has 0 aliphatic carbocycles. The fraction of sp³-hybridized carbons (Fsp3) is 0.286. The minimum Gasteiger partial charge on any atom is -0.453 e. The average molecular weight is 755 g/mol. The number of likely N-dealkylation sites (tertiary alicyclic amines) is 1. The van der Waals surface area contributed by atoms with Gasteiger partial charge in [-0.05, 0) is 61.4 Å². The van der Waals surface area contributed by atoms with E-state index in [2.05, 4.69) is 47.7 Å². The zero-order valence-electron chi connectivity index (χ0n) is 31.0. The first kappa shape index (κ1) is 37.6. The Kier molecular flexibility index (Phi) is 11.2. The minimum atomic E-state index is -1.15. The maximum atomic E-state index is 14.2. The Bertz CT molecular complexity index is 2240. The molecule has 2 aromatic heterocycles. The Morgan fingerprint density at radius 3 is 2.29 bits per heavy atom. The van der Waals surface area contributed by atoms with Gasteiger partial charge < -0.3 is 35.0 Å². The van der Waals surface area contributed by atoms with Gasteiger partial charge >= 0.3 is 12.2 Å². The van der Waals surface area contributed by atoms with E-state index in [0.29, 0.717) is 54.4 Å². The van der Waals surface area contributed by atoms with E-state index >= 15 is 0 Å². The molecule has 2 fully saturated rings. The van der Waals surface area contributed by atoms with Gasteiger partial charge in [-0.15, -0.1) is 0 Å². The van der Waals surface area contributed by atoms with E-state index in [9.17, 15) is 19.2 Å². The summed E-state index contributed by atoms with van der Waals surface area (Å²) in [5.74, 6) is 6.82. The second kappa shape index (κ2) is 16.7. The number of rotatable bonds is 10. The third kappa shape index (κ3) is 7.89. The maximum absolute atomic E-state index is 14.2. The Morgan fingerprint density at radius 1 is 0.875 bits per heavy atom. The number of imidazole rings is 2. The van der Waals surface area contributed by atoms with Crippen LogP contribution in [-0.4, -0.2) is 76.0 Å². The van der Waals surface area contributed by atoms with Gasteiger partial charge in [-0.2, -0.15) is 0 Å². The van der Waals surface area contributed by atoms with Gasteiger partial charge in [0.1, 0.15) is 28.9 Å². The summed E-state index contributed by atoms with van der Waals surface area (Å²) >= 11 is 0. The highest BCUT2D eigenvalue weighted by molar-refractivity contribution is 5.96. The fourth-order valence-electron chi connectivity index (χ4n) is 7.29. The summed E-state index contributed by atoms with van der Waals surface area (Å²) in [4.78, 5) is 70.1. The number of methoxy groups -OCH3 is 1. The first-order valence-corrected chi connectivity index (χ1v) is 18.4. The highest BCUT2D eigenvalue weighted by atomic mass is 16.6. The molecule has 0 radical (unpaired) electrons. The number of alkyl carbamates (subject to hydrolysis) is 2. The molecule has 14 heteroatoms. The predicted molar refractivity (Wildman–Crippen MR) is 206 cm³/mol. The zero-order valence-corrected chi connectivity index (χ0v) is 31.0. The predicted octanol–water partition coefficient (Wildman–Crippen LogP) is 5.21. The van der Waals surface area contributed by atoms with Crippen molar-refractivity contribution in [3.05, 3.63) is 131 Å². The van der Waals surface area contributed by atoms with Gasteiger partial charge in [-0.3, -0.25) is 14.9 Å². The van der Waals surface area contributed by atoms with Gasteiger partial charge in [0.05, 0.1) is 31.2 Å². The molecule has 5 N–H and O–H groups in total. The fourth-order valence-corrected chi connectivity index (χ4v) is 7.29. The van der Waals surface area contributed by atoms with E-state index in [1.54, 1.807) is 53.7 Å². The first-order valence-electron chi connectivity index (χ1n) is 18.4. The summed E-state index contributed by atoms with van der Waals surface area (Å²) in [7, 11) is 2.72. The molecule has 2 saturated heterocycles. The largest absolute Gasteiger partial charge is 0.453 e. The van der Waals surface area contributed by atoms with E-state index < -0.39 is 29.9 Å². The van der Waals surface area contributed by atoms with Crippen LogP contribution in [0.25, 0.3) is 11.3 Å². The van der Waals surface area contributed by atoms with Crippen LogP contribution >= 0.6 is 0 Å². The molecule has 2 aliphatic heterocycles. The van der Waals surface area contributed by atoms with E-state index in [0.717, 1.165) is 29.7 Å². The molecule has 7 rings (SSSR count). The number of aromatic nitrogens is 4. The molecule has 14 nitrogen and oxygen atoms in total. The molecule has 5 aromatic rings. The second-order valence-corrected chi connectivity index (χ2v) is 13.6. The third-order valence-corrected chi connectivity index (χ3v) is 10.1. The Hall–Kier alpha value is -6.72. The molecule has 56 heavy (non-hydrogen) atoms. The smallest absolute Gasteiger partial charge is 0.408 e. The Labute approximate surface area is 323 Å². The highest BCUT2D eigenvalue weighted by Crippen LogP contribution is 2.36. The lowest BCUT2D eigenvalue weighted by Crippen LogP contribution is -2.51. The molecule has 286 valence electrons. The lowest BCUT2D eigenvalue weighted by molar-refractivity contribution is -0.141. The lowest BCUT2D eigenvalue weighted by Gasteiger charge is -2.30. The standard InChI is InChI=1S/C42H42N8O6/c1-43-40(53)56-35(30-13-7-4-8-14-30)38(52)50-24-9-15-33(50)37-44-26-32(48-37)28-19-16-27(17-20-28)18-21-31-25-45-39(47-31)42(22-10-23-46-42)36(51)34(49-41(54)55-2)29-11-5-3-6-12-29/h3-8,11-14,16-17,19-20,25-26,33-35,46H,9-10,15,22-24H2,1-2H3,(H,43,53)(H,44,48)(H,45,47)(H,49,54)/t33-,34+,35+,42+/m0/s1. The van der Waals surface area contributed by atoms with Crippen molar-refractivity contribution in [2.75, 3.05) is 27.2 Å². The summed E-state index contributed by atoms with van der Waals surface area (Å²) in [6, 6.07) is 24.5. The number of hydrogen-bond donors (Lipinski definition) is 5. The van der Waals surface area contributed by atoms with Gasteiger partial charge in [0.25, 0.3) is 5.91 Å². The van der Waals surface area contributed by atoms with Crippen molar-refractivity contribution in [2.45, 2.75) is 49.4 Å². The molecular weight excluding hydrogens is 713 g/mol. The number of nitrogens with one attached hydrogen (secondary N) is 5. The lowest BCUT2D eigenvalue weighted by atomic mass is 9.84. The van der Waals surface area contributed by atoms with Crippen LogP contribution in [-0.2, 0) is 24.6 Å². The van der Waals surface area contributed by atoms with Crippen molar-refractivity contribution in [1.29, 1.82) is 0 Å². The number of hydrogen-bond acceptors (Lipinski definition) is 9. The molecule has 3 aromatic carbocycles. The number of carbonyl (C=O) groups is 4. The topological polar surface area (TPSA) is 183 Å². The van der Waals surface area contributed by atoms with Crippen LogP contribution in [0.2, 0.25) is 0 Å². The molecule has 4 atom stereocenters. The van der Waals surface area contributed by atoms with Crippen LogP contribution in [0, 0.1) is 11.8 Å². The minimum absolute atomic E-state index is 0.253. The van der Waals surface area contributed by atoms with Crippen molar-refractivity contribution in [2.24, 2.45) is 0 Å². The van der Waals surface area contributed by atoms with Crippen LogP contribution in [0.4, 0.5) is 9.59 Å². The Balaban J connectivity index is 1.05.